The molecular formula is C14H10O3S. The Morgan fingerprint density at radius 3 is 2.83 bits per heavy atom. The lowest BCUT2D eigenvalue weighted by Gasteiger charge is -2.02. The van der Waals surface area contributed by atoms with Gasteiger partial charge in [0.05, 0.1) is 12.7 Å². The van der Waals surface area contributed by atoms with Crippen molar-refractivity contribution in [2.45, 2.75) is 0 Å². The van der Waals surface area contributed by atoms with Crippen LogP contribution in [0, 0.1) is 0 Å². The molecule has 18 heavy (non-hydrogen) atoms. The van der Waals surface area contributed by atoms with Crippen molar-refractivity contribution < 1.29 is 9.15 Å². The Kier molecular flexibility index (Phi) is 2.64. The lowest BCUT2D eigenvalue weighted by atomic mass is 10.1. The maximum atomic E-state index is 11.9. The van der Waals surface area contributed by atoms with Gasteiger partial charge in [0.25, 0.3) is 0 Å². The zero-order valence-electron chi connectivity index (χ0n) is 9.67. The first kappa shape index (κ1) is 11.0. The molecule has 2 heterocycles. The van der Waals surface area contributed by atoms with Gasteiger partial charge in [-0.2, -0.15) is 0 Å². The van der Waals surface area contributed by atoms with Gasteiger partial charge in [-0.15, -0.1) is 11.3 Å². The van der Waals surface area contributed by atoms with Crippen LogP contribution in [0.5, 0.6) is 5.75 Å². The van der Waals surface area contributed by atoms with Crippen LogP contribution in [-0.2, 0) is 0 Å². The molecule has 3 aromatic rings. The molecule has 4 heteroatoms. The Hall–Kier alpha value is -2.07. The molecule has 0 spiro atoms. The Labute approximate surface area is 107 Å². The Morgan fingerprint density at radius 1 is 1.22 bits per heavy atom. The highest BCUT2D eigenvalue weighted by atomic mass is 32.1. The molecule has 3 nitrogen and oxygen atoms in total. The van der Waals surface area contributed by atoms with Gasteiger partial charge in [0.2, 0.25) is 0 Å². The van der Waals surface area contributed by atoms with Gasteiger partial charge >= 0.3 is 5.63 Å². The van der Waals surface area contributed by atoms with Crippen LogP contribution in [0.2, 0.25) is 0 Å². The summed E-state index contributed by atoms with van der Waals surface area (Å²) in [5.74, 6) is 0.675. The summed E-state index contributed by atoms with van der Waals surface area (Å²) < 4.78 is 10.4. The molecule has 0 aliphatic heterocycles. The second kappa shape index (κ2) is 4.31. The fourth-order valence-corrected chi connectivity index (χ4v) is 2.55. The molecule has 0 unspecified atom stereocenters. The minimum Gasteiger partial charge on any atom is -0.497 e. The molecule has 0 N–H and O–H groups in total. The summed E-state index contributed by atoms with van der Waals surface area (Å²) >= 11 is 1.52. The highest BCUT2D eigenvalue weighted by molar-refractivity contribution is 7.13. The van der Waals surface area contributed by atoms with Gasteiger partial charge in [-0.1, -0.05) is 6.07 Å². The molecule has 3 rings (SSSR count). The normalized spacial score (nSPS) is 10.7. The summed E-state index contributed by atoms with van der Waals surface area (Å²) in [6.45, 7) is 0. The molecule has 0 bridgehead atoms. The Bertz CT molecular complexity index is 741. The zero-order valence-corrected chi connectivity index (χ0v) is 10.5. The zero-order chi connectivity index (χ0) is 12.5. The van der Waals surface area contributed by atoms with Gasteiger partial charge in [-0.3, -0.25) is 0 Å². The lowest BCUT2D eigenvalue weighted by Crippen LogP contribution is -2.01. The number of ether oxygens (including phenoxy) is 1. The van der Waals surface area contributed by atoms with Gasteiger partial charge < -0.3 is 9.15 Å². The van der Waals surface area contributed by atoms with Crippen LogP contribution in [-0.4, -0.2) is 7.11 Å². The average Bonchev–Trinajstić information content (AvgIpc) is 2.91. The van der Waals surface area contributed by atoms with E-state index in [1.165, 1.54) is 11.3 Å². The van der Waals surface area contributed by atoms with Gasteiger partial charge in [-0.05, 0) is 29.6 Å². The molecule has 0 atom stereocenters. The fourth-order valence-electron chi connectivity index (χ4n) is 1.82. The summed E-state index contributed by atoms with van der Waals surface area (Å²) in [5.41, 5.74) is 0.820. The summed E-state index contributed by atoms with van der Waals surface area (Å²) in [5, 5.41) is 2.83. The largest absolute Gasteiger partial charge is 0.497 e. The molecule has 1 aromatic carbocycles. The third-order valence-corrected chi connectivity index (χ3v) is 3.63. The molecule has 0 amide bonds. The van der Waals surface area contributed by atoms with Crippen LogP contribution in [0.25, 0.3) is 21.4 Å². The predicted molar refractivity (Wildman–Crippen MR) is 72.3 cm³/mol. The fraction of sp³-hybridized carbons (Fsp3) is 0.0714. The van der Waals surface area contributed by atoms with Gasteiger partial charge in [0.1, 0.15) is 11.3 Å². The topological polar surface area (TPSA) is 39.4 Å². The highest BCUT2D eigenvalue weighted by Crippen LogP contribution is 2.26. The van der Waals surface area contributed by atoms with Crippen LogP contribution < -0.4 is 10.4 Å². The van der Waals surface area contributed by atoms with Crippen molar-refractivity contribution in [1.82, 2.24) is 0 Å². The second-order valence-electron chi connectivity index (χ2n) is 3.83. The molecule has 0 aliphatic carbocycles. The minimum absolute atomic E-state index is 0.321. The number of fused-ring (bicyclic) bond motifs is 1. The van der Waals surface area contributed by atoms with E-state index in [2.05, 4.69) is 0 Å². The van der Waals surface area contributed by atoms with Crippen LogP contribution in [0.1, 0.15) is 0 Å². The first-order valence-electron chi connectivity index (χ1n) is 5.44. The van der Waals surface area contributed by atoms with E-state index in [4.69, 9.17) is 9.15 Å². The smallest absolute Gasteiger partial charge is 0.345 e. The third-order valence-electron chi connectivity index (χ3n) is 2.73. The van der Waals surface area contributed by atoms with Crippen molar-refractivity contribution >= 4 is 22.3 Å². The third kappa shape index (κ3) is 1.80. The number of rotatable bonds is 2. The highest BCUT2D eigenvalue weighted by Gasteiger charge is 2.09. The summed E-state index contributed by atoms with van der Waals surface area (Å²) in [7, 11) is 1.58. The molecule has 0 aliphatic rings. The van der Waals surface area contributed by atoms with Crippen LogP contribution in [0.4, 0.5) is 0 Å². The van der Waals surface area contributed by atoms with Gasteiger partial charge in [0, 0.05) is 16.3 Å². The van der Waals surface area contributed by atoms with Crippen molar-refractivity contribution in [2.24, 2.45) is 0 Å². The van der Waals surface area contributed by atoms with Crippen molar-refractivity contribution in [2.75, 3.05) is 7.11 Å². The molecule has 0 fully saturated rings. The monoisotopic (exact) mass is 258 g/mol. The predicted octanol–water partition coefficient (Wildman–Crippen LogP) is 3.53. The number of thiophene rings is 1. The molecule has 0 saturated heterocycles. The lowest BCUT2D eigenvalue weighted by molar-refractivity contribution is 0.414. The average molecular weight is 258 g/mol. The van der Waals surface area contributed by atoms with Crippen molar-refractivity contribution in [3.63, 3.8) is 0 Å². The van der Waals surface area contributed by atoms with E-state index in [1.54, 1.807) is 13.2 Å². The standard InChI is InChI=1S/C14H10O3S/c1-16-10-5-4-9-7-11(13-3-2-6-18-13)14(15)17-12(9)8-10/h2-8H,1H3. The van der Waals surface area contributed by atoms with Crippen LogP contribution in [0.3, 0.4) is 0 Å². The molecular weight excluding hydrogens is 248 g/mol. The number of methoxy groups -OCH3 is 1. The number of benzene rings is 1. The van der Waals surface area contributed by atoms with Crippen LogP contribution >= 0.6 is 11.3 Å². The van der Waals surface area contributed by atoms with Crippen molar-refractivity contribution in [3.05, 3.63) is 52.2 Å². The quantitative estimate of drug-likeness (QED) is 0.660. The summed E-state index contributed by atoms with van der Waals surface area (Å²) in [4.78, 5) is 12.8. The second-order valence-corrected chi connectivity index (χ2v) is 4.78. The molecule has 0 saturated carbocycles. The van der Waals surface area contributed by atoms with E-state index in [-0.39, 0.29) is 5.63 Å². The minimum atomic E-state index is -0.321. The Balaban J connectivity index is 2.25. The van der Waals surface area contributed by atoms with Crippen LogP contribution in [0.15, 0.2) is 51.0 Å². The van der Waals surface area contributed by atoms with Gasteiger partial charge in [0.15, 0.2) is 0 Å². The maximum Gasteiger partial charge on any atom is 0.345 e. The Morgan fingerprint density at radius 2 is 2.11 bits per heavy atom. The van der Waals surface area contributed by atoms with E-state index in [0.717, 1.165) is 10.3 Å². The summed E-state index contributed by atoms with van der Waals surface area (Å²) in [6, 6.07) is 11.1. The number of hydrogen-bond donors (Lipinski definition) is 0. The molecule has 2 aromatic heterocycles. The van der Waals surface area contributed by atoms with E-state index < -0.39 is 0 Å². The maximum absolute atomic E-state index is 11.9. The SMILES string of the molecule is COc1ccc2cc(-c3cccs3)c(=O)oc2c1. The molecule has 0 radical (unpaired) electrons. The van der Waals surface area contributed by atoms with E-state index in [1.807, 2.05) is 35.7 Å². The van der Waals surface area contributed by atoms with E-state index in [9.17, 15) is 4.79 Å². The summed E-state index contributed by atoms with van der Waals surface area (Å²) in [6.07, 6.45) is 0. The number of hydrogen-bond acceptors (Lipinski definition) is 4. The van der Waals surface area contributed by atoms with E-state index in [0.29, 0.717) is 16.9 Å². The van der Waals surface area contributed by atoms with Crippen molar-refractivity contribution in [3.8, 4) is 16.2 Å². The van der Waals surface area contributed by atoms with Gasteiger partial charge in [-0.25, -0.2) is 4.79 Å². The first-order chi connectivity index (χ1) is 8.78. The van der Waals surface area contributed by atoms with E-state index >= 15 is 0 Å². The molecule has 90 valence electrons. The first-order valence-corrected chi connectivity index (χ1v) is 6.31. The van der Waals surface area contributed by atoms with Crippen molar-refractivity contribution in [1.29, 1.82) is 0 Å².